The number of pyridine rings is 1. The van der Waals surface area contributed by atoms with Gasteiger partial charge in [-0.1, -0.05) is 24.3 Å². The van der Waals surface area contributed by atoms with E-state index in [1.165, 1.54) is 0 Å². The van der Waals surface area contributed by atoms with Crippen molar-refractivity contribution < 1.29 is 14.3 Å². The van der Waals surface area contributed by atoms with Crippen LogP contribution in [-0.4, -0.2) is 34.9 Å². The Labute approximate surface area is 191 Å². The van der Waals surface area contributed by atoms with E-state index in [9.17, 15) is 4.79 Å². The molecule has 1 aliphatic rings. The number of benzene rings is 2. The lowest BCUT2D eigenvalue weighted by Crippen LogP contribution is -2.16. The van der Waals surface area contributed by atoms with Gasteiger partial charge in [-0.3, -0.25) is 9.48 Å². The van der Waals surface area contributed by atoms with E-state index in [4.69, 9.17) is 14.5 Å². The molecule has 0 aliphatic heterocycles. The van der Waals surface area contributed by atoms with Gasteiger partial charge in [0.25, 0.3) is 5.91 Å². The minimum atomic E-state index is -0.170. The molecule has 0 spiro atoms. The van der Waals surface area contributed by atoms with Crippen molar-refractivity contribution in [3.8, 4) is 11.5 Å². The highest BCUT2D eigenvalue weighted by atomic mass is 16.5. The summed E-state index contributed by atoms with van der Waals surface area (Å²) < 4.78 is 12.5. The van der Waals surface area contributed by atoms with Gasteiger partial charge in [0.2, 0.25) is 0 Å². The summed E-state index contributed by atoms with van der Waals surface area (Å²) in [6, 6.07) is 15.4. The molecule has 7 nitrogen and oxygen atoms in total. The summed E-state index contributed by atoms with van der Waals surface area (Å²) in [5.41, 5.74) is 5.38. The standard InChI is InChI=1S/C26H24N4O3/c1-30-13-12-23(29-30)28-26(31)24-18-6-4-5-7-20(18)27-25-17(9-10-19(24)25)14-16-8-11-21(32-2)22(15-16)33-3/h4-8,11-15H,9-10H2,1-3H3,(H,28,29,31)/b17-14-. The third kappa shape index (κ3) is 3.82. The Morgan fingerprint density at radius 3 is 2.64 bits per heavy atom. The summed E-state index contributed by atoms with van der Waals surface area (Å²) in [5.74, 6) is 1.71. The Morgan fingerprint density at radius 2 is 1.88 bits per heavy atom. The van der Waals surface area contributed by atoms with Gasteiger partial charge in [-0.05, 0) is 53.8 Å². The number of hydrogen-bond donors (Lipinski definition) is 1. The van der Waals surface area contributed by atoms with Crippen molar-refractivity contribution in [2.45, 2.75) is 12.8 Å². The molecule has 2 aromatic carbocycles. The molecule has 0 radical (unpaired) electrons. The number of anilines is 1. The molecule has 2 heterocycles. The Morgan fingerprint density at radius 1 is 1.06 bits per heavy atom. The molecule has 166 valence electrons. The Bertz CT molecular complexity index is 1400. The van der Waals surface area contributed by atoms with Crippen molar-refractivity contribution >= 4 is 34.3 Å². The van der Waals surface area contributed by atoms with Crippen molar-refractivity contribution in [2.24, 2.45) is 7.05 Å². The number of carbonyl (C=O) groups is 1. The van der Waals surface area contributed by atoms with Gasteiger partial charge in [-0.25, -0.2) is 4.98 Å². The first kappa shape index (κ1) is 20.8. The van der Waals surface area contributed by atoms with Crippen molar-refractivity contribution in [1.29, 1.82) is 0 Å². The number of methoxy groups -OCH3 is 2. The second-order valence-corrected chi connectivity index (χ2v) is 7.94. The lowest BCUT2D eigenvalue weighted by atomic mass is 10.00. The molecular formula is C26H24N4O3. The number of nitrogens with zero attached hydrogens (tertiary/aromatic N) is 3. The highest BCUT2D eigenvalue weighted by Gasteiger charge is 2.27. The van der Waals surface area contributed by atoms with Gasteiger partial charge in [0, 0.05) is 24.7 Å². The number of nitrogens with one attached hydrogen (secondary N) is 1. The van der Waals surface area contributed by atoms with E-state index in [1.54, 1.807) is 31.2 Å². The van der Waals surface area contributed by atoms with Crippen molar-refractivity contribution in [3.05, 3.63) is 77.1 Å². The van der Waals surface area contributed by atoms with Crippen molar-refractivity contribution in [3.63, 3.8) is 0 Å². The van der Waals surface area contributed by atoms with E-state index in [1.807, 2.05) is 49.5 Å². The van der Waals surface area contributed by atoms with Gasteiger partial charge < -0.3 is 14.8 Å². The average Bonchev–Trinajstić information content (AvgIpc) is 3.42. The van der Waals surface area contributed by atoms with Crippen LogP contribution in [0.3, 0.4) is 0 Å². The largest absolute Gasteiger partial charge is 0.493 e. The number of carbonyl (C=O) groups excluding carboxylic acids is 1. The molecule has 4 aromatic rings. The van der Waals surface area contributed by atoms with Gasteiger partial charge in [0.1, 0.15) is 0 Å². The number of allylic oxidation sites excluding steroid dienone is 1. The Hall–Kier alpha value is -4.13. The van der Waals surface area contributed by atoms with Crippen LogP contribution in [0.1, 0.15) is 33.6 Å². The second kappa shape index (κ2) is 8.43. The van der Waals surface area contributed by atoms with Gasteiger partial charge in [0.15, 0.2) is 17.3 Å². The van der Waals surface area contributed by atoms with Crippen molar-refractivity contribution in [2.75, 3.05) is 19.5 Å². The van der Waals surface area contributed by atoms with Crippen LogP contribution in [0.2, 0.25) is 0 Å². The quantitative estimate of drug-likeness (QED) is 0.486. The SMILES string of the molecule is COc1ccc(/C=C2/CCc3c2nc2ccccc2c3C(=O)Nc2ccn(C)n2)cc1OC. The maximum atomic E-state index is 13.4. The molecule has 7 heteroatoms. The van der Waals surface area contributed by atoms with Crippen LogP contribution >= 0.6 is 0 Å². The van der Waals surface area contributed by atoms with Gasteiger partial charge in [-0.15, -0.1) is 0 Å². The van der Waals surface area contributed by atoms with Crippen molar-refractivity contribution in [1.82, 2.24) is 14.8 Å². The molecule has 33 heavy (non-hydrogen) atoms. The predicted molar refractivity (Wildman–Crippen MR) is 129 cm³/mol. The number of rotatable bonds is 5. The van der Waals surface area contributed by atoms with Crippen LogP contribution in [0.5, 0.6) is 11.5 Å². The topological polar surface area (TPSA) is 78.3 Å². The first-order valence-corrected chi connectivity index (χ1v) is 10.7. The third-order valence-corrected chi connectivity index (χ3v) is 5.87. The summed E-state index contributed by atoms with van der Waals surface area (Å²) in [6.45, 7) is 0. The van der Waals surface area contributed by atoms with Gasteiger partial charge in [-0.2, -0.15) is 5.10 Å². The van der Waals surface area contributed by atoms with Crippen LogP contribution in [0.25, 0.3) is 22.6 Å². The summed E-state index contributed by atoms with van der Waals surface area (Å²) in [5, 5.41) is 8.08. The van der Waals surface area contributed by atoms with E-state index >= 15 is 0 Å². The molecule has 0 fully saturated rings. The summed E-state index contributed by atoms with van der Waals surface area (Å²) in [4.78, 5) is 18.3. The molecule has 0 bridgehead atoms. The average molecular weight is 441 g/mol. The minimum Gasteiger partial charge on any atom is -0.493 e. The lowest BCUT2D eigenvalue weighted by Gasteiger charge is -2.12. The highest BCUT2D eigenvalue weighted by Crippen LogP contribution is 2.38. The van der Waals surface area contributed by atoms with E-state index in [2.05, 4.69) is 16.5 Å². The molecule has 1 aliphatic carbocycles. The van der Waals surface area contributed by atoms with Crippen LogP contribution < -0.4 is 14.8 Å². The number of amides is 1. The number of para-hydroxylation sites is 1. The molecular weight excluding hydrogens is 416 g/mol. The summed E-state index contributed by atoms with van der Waals surface area (Å²) in [6.07, 6.45) is 5.46. The molecule has 5 rings (SSSR count). The second-order valence-electron chi connectivity index (χ2n) is 7.94. The zero-order valence-electron chi connectivity index (χ0n) is 18.8. The zero-order chi connectivity index (χ0) is 22.9. The molecule has 0 saturated carbocycles. The molecule has 1 N–H and O–H groups in total. The predicted octanol–water partition coefficient (Wildman–Crippen LogP) is 4.72. The monoisotopic (exact) mass is 440 g/mol. The van der Waals surface area contributed by atoms with Gasteiger partial charge >= 0.3 is 0 Å². The van der Waals surface area contributed by atoms with Crippen LogP contribution in [0, 0.1) is 0 Å². The number of fused-ring (bicyclic) bond motifs is 2. The molecule has 0 saturated heterocycles. The van der Waals surface area contributed by atoms with E-state index < -0.39 is 0 Å². The number of aromatic nitrogens is 3. The number of aryl methyl sites for hydroxylation is 1. The normalized spacial score (nSPS) is 13.8. The fraction of sp³-hybridized carbons (Fsp3) is 0.192. The smallest absolute Gasteiger partial charge is 0.257 e. The summed E-state index contributed by atoms with van der Waals surface area (Å²) >= 11 is 0. The molecule has 2 aromatic heterocycles. The molecule has 0 atom stereocenters. The fourth-order valence-corrected chi connectivity index (χ4v) is 4.34. The van der Waals surface area contributed by atoms with E-state index in [0.29, 0.717) is 22.9 Å². The first-order valence-electron chi connectivity index (χ1n) is 10.7. The fourth-order valence-electron chi connectivity index (χ4n) is 4.34. The highest BCUT2D eigenvalue weighted by molar-refractivity contribution is 6.14. The lowest BCUT2D eigenvalue weighted by molar-refractivity contribution is 0.102. The maximum absolute atomic E-state index is 13.4. The summed E-state index contributed by atoms with van der Waals surface area (Å²) in [7, 11) is 5.07. The molecule has 1 amide bonds. The molecule has 0 unspecified atom stereocenters. The minimum absolute atomic E-state index is 0.170. The van der Waals surface area contributed by atoms with Crippen LogP contribution in [0.15, 0.2) is 54.7 Å². The maximum Gasteiger partial charge on any atom is 0.257 e. The Kier molecular flexibility index (Phi) is 5.30. The Balaban J connectivity index is 1.60. The third-order valence-electron chi connectivity index (χ3n) is 5.87. The van der Waals surface area contributed by atoms with E-state index in [-0.39, 0.29) is 5.91 Å². The van der Waals surface area contributed by atoms with Crippen LogP contribution in [-0.2, 0) is 13.5 Å². The first-order chi connectivity index (χ1) is 16.1. The van der Waals surface area contributed by atoms with Crippen LogP contribution in [0.4, 0.5) is 5.82 Å². The zero-order valence-corrected chi connectivity index (χ0v) is 18.8. The van der Waals surface area contributed by atoms with Gasteiger partial charge in [0.05, 0.1) is 31.0 Å². The van der Waals surface area contributed by atoms with E-state index in [0.717, 1.165) is 46.1 Å². The number of ether oxygens (including phenoxy) is 2. The number of hydrogen-bond acceptors (Lipinski definition) is 5.